The molecule has 0 aliphatic rings. The normalized spacial score (nSPS) is 12.1. The Labute approximate surface area is 121 Å². The van der Waals surface area contributed by atoms with Crippen molar-refractivity contribution in [3.8, 4) is 5.75 Å². The van der Waals surface area contributed by atoms with Crippen molar-refractivity contribution in [2.45, 2.75) is 25.3 Å². The van der Waals surface area contributed by atoms with Crippen LogP contribution >= 0.6 is 0 Å². The number of benzene rings is 2. The van der Waals surface area contributed by atoms with E-state index in [0.717, 1.165) is 31.6 Å². The van der Waals surface area contributed by atoms with Crippen LogP contribution in [0.2, 0.25) is 0 Å². The van der Waals surface area contributed by atoms with E-state index in [0.29, 0.717) is 6.04 Å². The number of ether oxygens (including phenoxy) is 1. The van der Waals surface area contributed by atoms with Crippen molar-refractivity contribution in [2.75, 3.05) is 13.7 Å². The average Bonchev–Trinajstić information content (AvgIpc) is 2.52. The van der Waals surface area contributed by atoms with Crippen LogP contribution < -0.4 is 10.1 Å². The highest BCUT2D eigenvalue weighted by atomic mass is 16.5. The summed E-state index contributed by atoms with van der Waals surface area (Å²) < 4.78 is 5.75. The molecule has 2 rings (SSSR count). The number of para-hydroxylation sites is 1. The van der Waals surface area contributed by atoms with Gasteiger partial charge in [0.2, 0.25) is 0 Å². The fourth-order valence-electron chi connectivity index (χ4n) is 2.25. The van der Waals surface area contributed by atoms with E-state index < -0.39 is 0 Å². The summed E-state index contributed by atoms with van der Waals surface area (Å²) in [6.07, 6.45) is 3.27. The number of aryl methyl sites for hydroxylation is 1. The van der Waals surface area contributed by atoms with Gasteiger partial charge in [0.05, 0.1) is 6.61 Å². The standard InChI is InChI=1S/C18H23NO/c1-19-17(13-12-16-8-4-2-5-9-16)14-15-20-18-10-6-3-7-11-18/h2-11,17,19H,12-15H2,1H3. The van der Waals surface area contributed by atoms with E-state index in [9.17, 15) is 0 Å². The molecule has 20 heavy (non-hydrogen) atoms. The first kappa shape index (κ1) is 14.6. The van der Waals surface area contributed by atoms with Gasteiger partial charge in [-0.15, -0.1) is 0 Å². The highest BCUT2D eigenvalue weighted by molar-refractivity contribution is 5.20. The Bertz CT molecular complexity index is 469. The molecule has 2 aromatic carbocycles. The van der Waals surface area contributed by atoms with Crippen molar-refractivity contribution >= 4 is 0 Å². The van der Waals surface area contributed by atoms with E-state index in [1.54, 1.807) is 0 Å². The molecule has 0 aliphatic heterocycles. The molecule has 2 nitrogen and oxygen atoms in total. The van der Waals surface area contributed by atoms with Crippen LogP contribution in [-0.4, -0.2) is 19.7 Å². The van der Waals surface area contributed by atoms with Gasteiger partial charge in [0, 0.05) is 6.04 Å². The molecule has 0 aromatic heterocycles. The van der Waals surface area contributed by atoms with Crippen LogP contribution in [0.3, 0.4) is 0 Å². The lowest BCUT2D eigenvalue weighted by Gasteiger charge is -2.16. The summed E-state index contributed by atoms with van der Waals surface area (Å²) in [6.45, 7) is 0.754. The van der Waals surface area contributed by atoms with Crippen molar-refractivity contribution < 1.29 is 4.74 Å². The largest absolute Gasteiger partial charge is 0.494 e. The molecule has 0 saturated heterocycles. The molecule has 106 valence electrons. The molecule has 0 saturated carbocycles. The predicted molar refractivity (Wildman–Crippen MR) is 84.2 cm³/mol. The molecule has 1 atom stereocenters. The van der Waals surface area contributed by atoms with Crippen molar-refractivity contribution in [2.24, 2.45) is 0 Å². The number of hydrogen-bond acceptors (Lipinski definition) is 2. The number of rotatable bonds is 8. The van der Waals surface area contributed by atoms with Crippen molar-refractivity contribution in [3.05, 3.63) is 66.2 Å². The minimum atomic E-state index is 0.499. The topological polar surface area (TPSA) is 21.3 Å². The Morgan fingerprint density at radius 2 is 1.55 bits per heavy atom. The van der Waals surface area contributed by atoms with Crippen LogP contribution in [-0.2, 0) is 6.42 Å². The highest BCUT2D eigenvalue weighted by Gasteiger charge is 2.06. The van der Waals surface area contributed by atoms with Crippen molar-refractivity contribution in [1.29, 1.82) is 0 Å². The average molecular weight is 269 g/mol. The zero-order chi connectivity index (χ0) is 14.0. The lowest BCUT2D eigenvalue weighted by atomic mass is 10.0. The Hall–Kier alpha value is -1.80. The minimum Gasteiger partial charge on any atom is -0.494 e. The Balaban J connectivity index is 1.70. The van der Waals surface area contributed by atoms with Crippen LogP contribution in [0.25, 0.3) is 0 Å². The fraction of sp³-hybridized carbons (Fsp3) is 0.333. The van der Waals surface area contributed by atoms with Crippen molar-refractivity contribution in [1.82, 2.24) is 5.32 Å². The summed E-state index contributed by atoms with van der Waals surface area (Å²) in [5.41, 5.74) is 1.40. The molecule has 0 heterocycles. The Kier molecular flexibility index (Phi) is 6.12. The zero-order valence-electron chi connectivity index (χ0n) is 12.1. The minimum absolute atomic E-state index is 0.499. The summed E-state index contributed by atoms with van der Waals surface area (Å²) in [4.78, 5) is 0. The third-order valence-electron chi connectivity index (χ3n) is 3.51. The summed E-state index contributed by atoms with van der Waals surface area (Å²) in [5, 5.41) is 3.38. The second-order valence-electron chi connectivity index (χ2n) is 4.96. The van der Waals surface area contributed by atoms with Crippen LogP contribution in [0, 0.1) is 0 Å². The van der Waals surface area contributed by atoms with Crippen LogP contribution in [0.4, 0.5) is 0 Å². The predicted octanol–water partition coefficient (Wildman–Crippen LogP) is 3.68. The van der Waals surface area contributed by atoms with E-state index in [-0.39, 0.29) is 0 Å². The smallest absolute Gasteiger partial charge is 0.119 e. The lowest BCUT2D eigenvalue weighted by Crippen LogP contribution is -2.27. The zero-order valence-corrected chi connectivity index (χ0v) is 12.1. The van der Waals surface area contributed by atoms with E-state index in [1.807, 2.05) is 37.4 Å². The van der Waals surface area contributed by atoms with E-state index in [4.69, 9.17) is 4.74 Å². The van der Waals surface area contributed by atoms with E-state index in [2.05, 4.69) is 35.6 Å². The van der Waals surface area contributed by atoms with Gasteiger partial charge in [-0.2, -0.15) is 0 Å². The van der Waals surface area contributed by atoms with Crippen molar-refractivity contribution in [3.63, 3.8) is 0 Å². The van der Waals surface area contributed by atoms with Gasteiger partial charge >= 0.3 is 0 Å². The molecule has 1 N–H and O–H groups in total. The van der Waals surface area contributed by atoms with Gasteiger partial charge in [-0.05, 0) is 44.0 Å². The van der Waals surface area contributed by atoms with Gasteiger partial charge in [0.15, 0.2) is 0 Å². The molecule has 0 fully saturated rings. The summed E-state index contributed by atoms with van der Waals surface area (Å²) >= 11 is 0. The maximum absolute atomic E-state index is 5.75. The first-order valence-electron chi connectivity index (χ1n) is 7.27. The van der Waals surface area contributed by atoms with Gasteiger partial charge in [-0.25, -0.2) is 0 Å². The quantitative estimate of drug-likeness (QED) is 0.789. The van der Waals surface area contributed by atoms with Gasteiger partial charge < -0.3 is 10.1 Å². The fourth-order valence-corrected chi connectivity index (χ4v) is 2.25. The lowest BCUT2D eigenvalue weighted by molar-refractivity contribution is 0.285. The summed E-state index contributed by atoms with van der Waals surface area (Å²) in [6, 6.07) is 21.1. The van der Waals surface area contributed by atoms with Crippen LogP contribution in [0.5, 0.6) is 5.75 Å². The number of hydrogen-bond donors (Lipinski definition) is 1. The monoisotopic (exact) mass is 269 g/mol. The maximum Gasteiger partial charge on any atom is 0.119 e. The summed E-state index contributed by atoms with van der Waals surface area (Å²) in [7, 11) is 2.03. The highest BCUT2D eigenvalue weighted by Crippen LogP contribution is 2.11. The Morgan fingerprint density at radius 3 is 2.20 bits per heavy atom. The molecule has 0 bridgehead atoms. The molecule has 0 spiro atoms. The maximum atomic E-state index is 5.75. The molecule has 0 amide bonds. The molecule has 1 unspecified atom stereocenters. The first-order valence-corrected chi connectivity index (χ1v) is 7.27. The Morgan fingerprint density at radius 1 is 0.900 bits per heavy atom. The van der Waals surface area contributed by atoms with Gasteiger partial charge in [-0.1, -0.05) is 48.5 Å². The number of nitrogens with one attached hydrogen (secondary N) is 1. The van der Waals surface area contributed by atoms with Gasteiger partial charge in [0.25, 0.3) is 0 Å². The van der Waals surface area contributed by atoms with Gasteiger partial charge in [0.1, 0.15) is 5.75 Å². The second kappa shape index (κ2) is 8.39. The molecule has 0 aliphatic carbocycles. The van der Waals surface area contributed by atoms with Gasteiger partial charge in [-0.3, -0.25) is 0 Å². The SMILES string of the molecule is CNC(CCOc1ccccc1)CCc1ccccc1. The van der Waals surface area contributed by atoms with Crippen LogP contribution in [0.15, 0.2) is 60.7 Å². The third kappa shape index (κ3) is 5.06. The molecule has 0 radical (unpaired) electrons. The molecular weight excluding hydrogens is 246 g/mol. The third-order valence-corrected chi connectivity index (χ3v) is 3.51. The van der Waals surface area contributed by atoms with Crippen LogP contribution in [0.1, 0.15) is 18.4 Å². The second-order valence-corrected chi connectivity index (χ2v) is 4.96. The molecular formula is C18H23NO. The van der Waals surface area contributed by atoms with E-state index >= 15 is 0 Å². The molecule has 2 aromatic rings. The summed E-state index contributed by atoms with van der Waals surface area (Å²) in [5.74, 6) is 0.949. The first-order chi connectivity index (χ1) is 9.88. The molecule has 2 heteroatoms. The van der Waals surface area contributed by atoms with E-state index in [1.165, 1.54) is 5.56 Å².